The highest BCUT2D eigenvalue weighted by Crippen LogP contribution is 2.27. The lowest BCUT2D eigenvalue weighted by molar-refractivity contribution is 1.12. The van der Waals surface area contributed by atoms with Gasteiger partial charge in [0.1, 0.15) is 5.02 Å². The van der Waals surface area contributed by atoms with E-state index in [9.17, 15) is 0 Å². The van der Waals surface area contributed by atoms with Gasteiger partial charge in [-0.2, -0.15) is 4.98 Å². The van der Waals surface area contributed by atoms with E-state index in [2.05, 4.69) is 20.7 Å². The summed E-state index contributed by atoms with van der Waals surface area (Å²) in [4.78, 5) is 7.95. The average Bonchev–Trinajstić information content (AvgIpc) is 2.35. The van der Waals surface area contributed by atoms with Crippen LogP contribution >= 0.6 is 23.2 Å². The van der Waals surface area contributed by atoms with E-state index >= 15 is 0 Å². The van der Waals surface area contributed by atoms with Crippen LogP contribution in [-0.2, 0) is 0 Å². The van der Waals surface area contributed by atoms with Crippen LogP contribution in [0.1, 0.15) is 0 Å². The number of nitrogens with one attached hydrogen (secondary N) is 2. The maximum atomic E-state index is 6.01. The van der Waals surface area contributed by atoms with Crippen LogP contribution in [0.5, 0.6) is 0 Å². The van der Waals surface area contributed by atoms with E-state index in [1.807, 2.05) is 18.2 Å². The first-order valence-corrected chi connectivity index (χ1v) is 5.47. The zero-order valence-electron chi connectivity index (χ0n) is 8.61. The number of rotatable bonds is 3. The van der Waals surface area contributed by atoms with Gasteiger partial charge in [0.2, 0.25) is 5.95 Å². The highest BCUT2D eigenvalue weighted by Gasteiger charge is 2.06. The Labute approximate surface area is 108 Å². The second-order valence-electron chi connectivity index (χ2n) is 3.14. The number of nitrogens with zero attached hydrogens (tertiary/aromatic N) is 2. The van der Waals surface area contributed by atoms with Gasteiger partial charge < -0.3 is 5.32 Å². The fraction of sp³-hybridized carbons (Fsp3) is 0. The molecule has 4 N–H and O–H groups in total. The van der Waals surface area contributed by atoms with Crippen LogP contribution in [0.3, 0.4) is 0 Å². The largest absolute Gasteiger partial charge is 0.338 e. The second kappa shape index (κ2) is 5.18. The SMILES string of the molecule is NNc1ncc(Cl)c(Nc2ccccc2Cl)n1. The highest BCUT2D eigenvalue weighted by molar-refractivity contribution is 6.34. The molecule has 1 heterocycles. The third-order valence-electron chi connectivity index (χ3n) is 2.00. The van der Waals surface area contributed by atoms with Gasteiger partial charge in [0.15, 0.2) is 5.82 Å². The molecular weight excluding hydrogens is 261 g/mol. The molecule has 0 atom stereocenters. The zero-order chi connectivity index (χ0) is 12.3. The maximum absolute atomic E-state index is 6.01. The maximum Gasteiger partial charge on any atom is 0.239 e. The van der Waals surface area contributed by atoms with Gasteiger partial charge in [-0.05, 0) is 12.1 Å². The van der Waals surface area contributed by atoms with Gasteiger partial charge in [0.25, 0.3) is 0 Å². The lowest BCUT2D eigenvalue weighted by atomic mass is 10.3. The summed E-state index contributed by atoms with van der Waals surface area (Å²) in [5, 5.41) is 3.96. The van der Waals surface area contributed by atoms with Crippen LogP contribution in [0.4, 0.5) is 17.5 Å². The van der Waals surface area contributed by atoms with Crippen molar-refractivity contribution in [3.05, 3.63) is 40.5 Å². The van der Waals surface area contributed by atoms with Crippen molar-refractivity contribution in [1.82, 2.24) is 9.97 Å². The van der Waals surface area contributed by atoms with Crippen molar-refractivity contribution in [2.24, 2.45) is 5.84 Å². The third-order valence-corrected chi connectivity index (χ3v) is 2.61. The van der Waals surface area contributed by atoms with Gasteiger partial charge in [-0.15, -0.1) is 0 Å². The molecule has 0 aliphatic rings. The molecule has 1 aromatic carbocycles. The standard InChI is InChI=1S/C10H9Cl2N5/c11-6-3-1-2-4-8(6)15-9-7(12)5-14-10(16-9)17-13/h1-5H,13H2,(H2,14,15,16,17). The first-order chi connectivity index (χ1) is 8.20. The molecule has 0 unspecified atom stereocenters. The van der Waals surface area contributed by atoms with Gasteiger partial charge in [-0.3, -0.25) is 5.43 Å². The molecule has 0 bridgehead atoms. The molecule has 17 heavy (non-hydrogen) atoms. The Morgan fingerprint density at radius 1 is 1.12 bits per heavy atom. The molecule has 0 amide bonds. The predicted octanol–water partition coefficient (Wildman–Crippen LogP) is 2.81. The quantitative estimate of drug-likeness (QED) is 0.590. The zero-order valence-corrected chi connectivity index (χ0v) is 10.1. The predicted molar refractivity (Wildman–Crippen MR) is 69.6 cm³/mol. The van der Waals surface area contributed by atoms with Crippen LogP contribution in [-0.4, -0.2) is 9.97 Å². The van der Waals surface area contributed by atoms with E-state index in [-0.39, 0.29) is 5.95 Å². The number of hydrazine groups is 1. The molecule has 2 aromatic rings. The summed E-state index contributed by atoms with van der Waals surface area (Å²) >= 11 is 12.0. The van der Waals surface area contributed by atoms with Crippen molar-refractivity contribution in [2.75, 3.05) is 10.7 Å². The number of anilines is 3. The van der Waals surface area contributed by atoms with Crippen molar-refractivity contribution < 1.29 is 0 Å². The average molecular weight is 270 g/mol. The Balaban J connectivity index is 2.32. The number of nitrogen functional groups attached to an aromatic ring is 1. The van der Waals surface area contributed by atoms with Gasteiger partial charge >= 0.3 is 0 Å². The van der Waals surface area contributed by atoms with Gasteiger partial charge in [0, 0.05) is 0 Å². The summed E-state index contributed by atoms with van der Waals surface area (Å²) in [6, 6.07) is 7.27. The Bertz CT molecular complexity index is 532. The molecule has 0 aliphatic carbocycles. The van der Waals surface area contributed by atoms with Gasteiger partial charge in [0.05, 0.1) is 16.9 Å². The highest BCUT2D eigenvalue weighted by atomic mass is 35.5. The number of nitrogens with two attached hydrogens (primary N) is 1. The normalized spacial score (nSPS) is 10.1. The summed E-state index contributed by atoms with van der Waals surface area (Å²) in [5.41, 5.74) is 3.05. The minimum atomic E-state index is 0.268. The van der Waals surface area contributed by atoms with Crippen LogP contribution in [0.25, 0.3) is 0 Å². The van der Waals surface area contributed by atoms with Crippen LogP contribution in [0.15, 0.2) is 30.5 Å². The lowest BCUT2D eigenvalue weighted by Crippen LogP contribution is -2.11. The second-order valence-corrected chi connectivity index (χ2v) is 3.95. The van der Waals surface area contributed by atoms with E-state index in [0.29, 0.717) is 21.6 Å². The number of benzene rings is 1. The molecule has 0 saturated carbocycles. The molecule has 7 heteroatoms. The number of halogens is 2. The number of hydrogen-bond acceptors (Lipinski definition) is 5. The van der Waals surface area contributed by atoms with Crippen molar-refractivity contribution in [3.8, 4) is 0 Å². The molecule has 0 aliphatic heterocycles. The van der Waals surface area contributed by atoms with Crippen LogP contribution in [0, 0.1) is 0 Å². The Hall–Kier alpha value is -1.56. The summed E-state index contributed by atoms with van der Waals surface area (Å²) < 4.78 is 0. The number of hydrogen-bond donors (Lipinski definition) is 3. The van der Waals surface area contributed by atoms with Crippen LogP contribution < -0.4 is 16.6 Å². The van der Waals surface area contributed by atoms with E-state index < -0.39 is 0 Å². The molecule has 1 aromatic heterocycles. The van der Waals surface area contributed by atoms with Crippen molar-refractivity contribution in [3.63, 3.8) is 0 Å². The Morgan fingerprint density at radius 3 is 2.59 bits per heavy atom. The van der Waals surface area contributed by atoms with E-state index in [4.69, 9.17) is 29.0 Å². The fourth-order valence-corrected chi connectivity index (χ4v) is 1.54. The summed E-state index contributed by atoms with van der Waals surface area (Å²) in [6.07, 6.45) is 1.45. The Kier molecular flexibility index (Phi) is 3.63. The minimum absolute atomic E-state index is 0.268. The van der Waals surface area contributed by atoms with Crippen LogP contribution in [0.2, 0.25) is 10.0 Å². The molecule has 5 nitrogen and oxygen atoms in total. The van der Waals surface area contributed by atoms with Gasteiger partial charge in [-0.25, -0.2) is 10.8 Å². The van der Waals surface area contributed by atoms with Gasteiger partial charge in [-0.1, -0.05) is 35.3 Å². The first-order valence-electron chi connectivity index (χ1n) is 4.71. The first kappa shape index (κ1) is 11.9. The molecular formula is C10H9Cl2N5. The van der Waals surface area contributed by atoms with E-state index in [1.54, 1.807) is 6.07 Å². The Morgan fingerprint density at radius 2 is 1.88 bits per heavy atom. The smallest absolute Gasteiger partial charge is 0.239 e. The van der Waals surface area contributed by atoms with E-state index in [0.717, 1.165) is 0 Å². The lowest BCUT2D eigenvalue weighted by Gasteiger charge is -2.09. The van der Waals surface area contributed by atoms with Crippen molar-refractivity contribution >= 4 is 40.7 Å². The molecule has 0 spiro atoms. The molecule has 0 fully saturated rings. The molecule has 88 valence electrons. The summed E-state index contributed by atoms with van der Waals surface area (Å²) in [7, 11) is 0. The third kappa shape index (κ3) is 2.76. The fourth-order valence-electron chi connectivity index (χ4n) is 1.21. The minimum Gasteiger partial charge on any atom is -0.338 e. The van der Waals surface area contributed by atoms with Crippen molar-refractivity contribution in [2.45, 2.75) is 0 Å². The monoisotopic (exact) mass is 269 g/mol. The summed E-state index contributed by atoms with van der Waals surface area (Å²) in [5.74, 6) is 5.92. The van der Waals surface area contributed by atoms with Crippen molar-refractivity contribution in [1.29, 1.82) is 0 Å². The summed E-state index contributed by atoms with van der Waals surface area (Å²) in [6.45, 7) is 0. The topological polar surface area (TPSA) is 75.9 Å². The molecule has 0 saturated heterocycles. The van der Waals surface area contributed by atoms with E-state index in [1.165, 1.54) is 6.20 Å². The molecule has 0 radical (unpaired) electrons. The number of aromatic nitrogens is 2. The molecule has 2 rings (SSSR count). The number of para-hydroxylation sites is 1.